The summed E-state index contributed by atoms with van der Waals surface area (Å²) in [6.45, 7) is 11.4. The van der Waals surface area contributed by atoms with Crippen LogP contribution in [0.4, 0.5) is 10.5 Å². The zero-order valence-electron chi connectivity index (χ0n) is 12.9. The summed E-state index contributed by atoms with van der Waals surface area (Å²) < 4.78 is 0. The molecule has 0 spiro atoms. The Morgan fingerprint density at radius 2 is 2.00 bits per heavy atom. The van der Waals surface area contributed by atoms with Gasteiger partial charge in [-0.1, -0.05) is 32.1 Å². The van der Waals surface area contributed by atoms with E-state index < -0.39 is 0 Å². The smallest absolute Gasteiger partial charge is 0.296 e. The normalized spacial score (nSPS) is 15.1. The van der Waals surface area contributed by atoms with E-state index in [0.717, 1.165) is 36.3 Å². The van der Waals surface area contributed by atoms with Crippen LogP contribution in [0.2, 0.25) is 0 Å². The molecule has 2 rings (SSSR count). The molecule has 1 heterocycles. The minimum atomic E-state index is 0.0232. The van der Waals surface area contributed by atoms with E-state index in [1.54, 1.807) is 4.90 Å². The Hall–Kier alpha value is -1.77. The Kier molecular flexibility index (Phi) is 4.17. The van der Waals surface area contributed by atoms with Crippen LogP contribution in [0.5, 0.6) is 0 Å². The second-order valence-corrected chi connectivity index (χ2v) is 6.00. The van der Waals surface area contributed by atoms with E-state index in [4.69, 9.17) is 0 Å². The van der Waals surface area contributed by atoms with E-state index in [1.165, 1.54) is 5.56 Å². The first-order valence-electron chi connectivity index (χ1n) is 7.27. The number of carbonyl (C=O) groups excluding carboxylic acids is 1. The van der Waals surface area contributed by atoms with Crippen LogP contribution in [0.3, 0.4) is 0 Å². The topological polar surface area (TPSA) is 23.6 Å². The molecule has 0 bridgehead atoms. The second kappa shape index (κ2) is 5.70. The molecule has 0 saturated heterocycles. The monoisotopic (exact) mass is 272 g/mol. The average Bonchev–Trinajstić information content (AvgIpc) is 2.40. The van der Waals surface area contributed by atoms with E-state index in [9.17, 15) is 4.79 Å². The lowest BCUT2D eigenvalue weighted by Gasteiger charge is -2.36. The van der Waals surface area contributed by atoms with Crippen LogP contribution in [0.1, 0.15) is 37.8 Å². The molecule has 0 fully saturated rings. The van der Waals surface area contributed by atoms with Crippen molar-refractivity contribution in [2.24, 2.45) is 5.92 Å². The summed E-state index contributed by atoms with van der Waals surface area (Å²) in [4.78, 5) is 16.0. The molecule has 0 aromatic heterocycles. The summed E-state index contributed by atoms with van der Waals surface area (Å²) in [5, 5.41) is 0. The highest BCUT2D eigenvalue weighted by molar-refractivity contribution is 6.03. The number of benzene rings is 1. The van der Waals surface area contributed by atoms with E-state index >= 15 is 0 Å². The van der Waals surface area contributed by atoms with Gasteiger partial charge in [-0.25, -0.2) is 4.79 Å². The van der Waals surface area contributed by atoms with Crippen molar-refractivity contribution < 1.29 is 4.79 Å². The lowest BCUT2D eigenvalue weighted by atomic mass is 10.0. The Bertz CT molecular complexity index is 534. The van der Waals surface area contributed by atoms with E-state index in [1.807, 2.05) is 24.1 Å². The molecule has 108 valence electrons. The van der Waals surface area contributed by atoms with E-state index in [-0.39, 0.29) is 6.03 Å². The van der Waals surface area contributed by atoms with Crippen LogP contribution in [0.25, 0.3) is 5.70 Å². The Morgan fingerprint density at radius 1 is 1.30 bits per heavy atom. The van der Waals surface area contributed by atoms with Crippen LogP contribution in [0.15, 0.2) is 24.8 Å². The van der Waals surface area contributed by atoms with Crippen molar-refractivity contribution in [3.8, 4) is 0 Å². The highest BCUT2D eigenvalue weighted by Gasteiger charge is 2.30. The van der Waals surface area contributed by atoms with Crippen LogP contribution >= 0.6 is 0 Å². The molecule has 3 heteroatoms. The highest BCUT2D eigenvalue weighted by atomic mass is 16.2. The van der Waals surface area contributed by atoms with Crippen molar-refractivity contribution >= 4 is 17.4 Å². The molecule has 0 aliphatic carbocycles. The SMILES string of the molecule is C=C1c2cc(C)ccc2N(C)C(=O)N1CCCC(C)C. The molecule has 1 aromatic carbocycles. The third-order valence-corrected chi connectivity index (χ3v) is 3.83. The van der Waals surface area contributed by atoms with Crippen LogP contribution in [-0.2, 0) is 0 Å². The summed E-state index contributed by atoms with van der Waals surface area (Å²) >= 11 is 0. The van der Waals surface area contributed by atoms with Crippen LogP contribution < -0.4 is 4.90 Å². The van der Waals surface area contributed by atoms with Crippen molar-refractivity contribution in [1.29, 1.82) is 0 Å². The zero-order valence-corrected chi connectivity index (χ0v) is 12.9. The number of fused-ring (bicyclic) bond motifs is 1. The van der Waals surface area contributed by atoms with Gasteiger partial charge in [0.2, 0.25) is 0 Å². The van der Waals surface area contributed by atoms with Gasteiger partial charge in [-0.05, 0) is 37.8 Å². The molecule has 1 aromatic rings. The molecule has 0 saturated carbocycles. The molecule has 0 unspecified atom stereocenters. The number of urea groups is 1. The van der Waals surface area contributed by atoms with Gasteiger partial charge in [-0.15, -0.1) is 0 Å². The predicted molar refractivity (Wildman–Crippen MR) is 84.8 cm³/mol. The van der Waals surface area contributed by atoms with Gasteiger partial charge < -0.3 is 0 Å². The Labute approximate surface area is 121 Å². The lowest BCUT2D eigenvalue weighted by molar-refractivity contribution is 0.223. The third-order valence-electron chi connectivity index (χ3n) is 3.83. The zero-order chi connectivity index (χ0) is 14.9. The van der Waals surface area contributed by atoms with Crippen molar-refractivity contribution in [1.82, 2.24) is 4.90 Å². The molecule has 0 radical (unpaired) electrons. The van der Waals surface area contributed by atoms with Gasteiger partial charge >= 0.3 is 6.03 Å². The second-order valence-electron chi connectivity index (χ2n) is 6.00. The summed E-state index contributed by atoms with van der Waals surface area (Å²) in [5.74, 6) is 0.662. The first-order chi connectivity index (χ1) is 9.41. The van der Waals surface area contributed by atoms with Gasteiger partial charge in [0.05, 0.1) is 5.69 Å². The fraction of sp³-hybridized carbons (Fsp3) is 0.471. The largest absolute Gasteiger partial charge is 0.328 e. The number of hydrogen-bond acceptors (Lipinski definition) is 1. The molecule has 3 nitrogen and oxygen atoms in total. The van der Waals surface area contributed by atoms with Gasteiger partial charge in [-0.3, -0.25) is 9.80 Å². The Balaban J connectivity index is 2.24. The standard InChI is InChI=1S/C17H24N2O/c1-12(2)7-6-10-19-14(4)15-11-13(3)8-9-16(15)18(5)17(19)20/h8-9,11-12H,4,6-7,10H2,1-3,5H3. The van der Waals surface area contributed by atoms with Crippen LogP contribution in [-0.4, -0.2) is 24.5 Å². The number of carbonyl (C=O) groups is 1. The lowest BCUT2D eigenvalue weighted by Crippen LogP contribution is -2.44. The molecule has 0 N–H and O–H groups in total. The number of amides is 2. The minimum absolute atomic E-state index is 0.0232. The molecular weight excluding hydrogens is 248 g/mol. The van der Waals surface area contributed by atoms with Gasteiger partial charge in [0, 0.05) is 24.9 Å². The number of rotatable bonds is 4. The van der Waals surface area contributed by atoms with Crippen molar-refractivity contribution in [3.63, 3.8) is 0 Å². The maximum atomic E-state index is 12.5. The molecule has 20 heavy (non-hydrogen) atoms. The molecule has 1 aliphatic heterocycles. The van der Waals surface area contributed by atoms with Gasteiger partial charge in [-0.2, -0.15) is 0 Å². The Morgan fingerprint density at radius 3 is 2.65 bits per heavy atom. The molecule has 2 amide bonds. The first kappa shape index (κ1) is 14.6. The number of anilines is 1. The van der Waals surface area contributed by atoms with E-state index in [0.29, 0.717) is 5.92 Å². The molecular formula is C17H24N2O. The maximum Gasteiger partial charge on any atom is 0.328 e. The van der Waals surface area contributed by atoms with Crippen molar-refractivity contribution in [3.05, 3.63) is 35.9 Å². The highest BCUT2D eigenvalue weighted by Crippen LogP contribution is 2.35. The first-order valence-corrected chi connectivity index (χ1v) is 7.27. The molecule has 0 atom stereocenters. The minimum Gasteiger partial charge on any atom is -0.296 e. The van der Waals surface area contributed by atoms with E-state index in [2.05, 4.69) is 33.4 Å². The van der Waals surface area contributed by atoms with Crippen LogP contribution in [0, 0.1) is 12.8 Å². The third kappa shape index (κ3) is 2.72. The quantitative estimate of drug-likeness (QED) is 0.802. The fourth-order valence-electron chi connectivity index (χ4n) is 2.61. The van der Waals surface area contributed by atoms with Crippen molar-refractivity contribution in [2.75, 3.05) is 18.5 Å². The van der Waals surface area contributed by atoms with Gasteiger partial charge in [0.15, 0.2) is 0 Å². The number of hydrogen-bond donors (Lipinski definition) is 0. The average molecular weight is 272 g/mol. The number of nitrogens with zero attached hydrogens (tertiary/aromatic N) is 2. The van der Waals surface area contributed by atoms with Crippen molar-refractivity contribution in [2.45, 2.75) is 33.6 Å². The summed E-state index contributed by atoms with van der Waals surface area (Å²) in [6, 6.07) is 6.16. The summed E-state index contributed by atoms with van der Waals surface area (Å²) in [5.41, 5.74) is 4.03. The summed E-state index contributed by atoms with van der Waals surface area (Å²) in [6.07, 6.45) is 2.14. The fourth-order valence-corrected chi connectivity index (χ4v) is 2.61. The van der Waals surface area contributed by atoms with Gasteiger partial charge in [0.25, 0.3) is 0 Å². The summed E-state index contributed by atoms with van der Waals surface area (Å²) in [7, 11) is 1.83. The maximum absolute atomic E-state index is 12.5. The van der Waals surface area contributed by atoms with Gasteiger partial charge in [0.1, 0.15) is 0 Å². The molecule has 1 aliphatic rings. The number of aryl methyl sites for hydroxylation is 1. The predicted octanol–water partition coefficient (Wildman–Crippen LogP) is 4.27.